The first-order valence-electron chi connectivity index (χ1n) is 6.25. The van der Waals surface area contributed by atoms with Gasteiger partial charge in [0.15, 0.2) is 5.78 Å². The highest BCUT2D eigenvalue weighted by Crippen LogP contribution is 2.29. The summed E-state index contributed by atoms with van der Waals surface area (Å²) in [5.41, 5.74) is 13.6. The van der Waals surface area contributed by atoms with E-state index in [1.807, 2.05) is 0 Å². The number of hydrogen-bond acceptors (Lipinski definition) is 4. The number of ketones is 2. The van der Waals surface area contributed by atoms with Crippen molar-refractivity contribution < 1.29 is 14.4 Å². The Morgan fingerprint density at radius 3 is 2.38 bits per heavy atom. The minimum Gasteiger partial charge on any atom is -0.399 e. The van der Waals surface area contributed by atoms with Crippen LogP contribution in [0.15, 0.2) is 36.1 Å². The standard InChI is InChI=1S/C15H15N3O3/c1-8-6-12(9(2)5-11(8)16)18(15(17)21)13-7-10(19)3-4-14(13)20/h3-7H,16H2,1-2H3,(H2,17,21). The quantitative estimate of drug-likeness (QED) is 0.632. The number of carbonyl (C=O) groups is 3. The third kappa shape index (κ3) is 2.69. The molecule has 0 bridgehead atoms. The van der Waals surface area contributed by atoms with Crippen molar-refractivity contribution in [3.05, 3.63) is 47.2 Å². The smallest absolute Gasteiger partial charge is 0.324 e. The minimum atomic E-state index is -0.843. The van der Waals surface area contributed by atoms with Gasteiger partial charge in [-0.05, 0) is 49.3 Å². The molecule has 1 aromatic carbocycles. The number of nitrogen functional groups attached to an aromatic ring is 1. The molecule has 108 valence electrons. The number of urea groups is 1. The van der Waals surface area contributed by atoms with Crippen molar-refractivity contribution >= 4 is 29.0 Å². The minimum absolute atomic E-state index is 0.0673. The van der Waals surface area contributed by atoms with Crippen molar-refractivity contribution in [3.63, 3.8) is 0 Å². The Hall–Kier alpha value is -2.89. The van der Waals surface area contributed by atoms with E-state index < -0.39 is 11.8 Å². The van der Waals surface area contributed by atoms with Crippen LogP contribution in [0.4, 0.5) is 16.2 Å². The fourth-order valence-electron chi connectivity index (χ4n) is 2.10. The summed E-state index contributed by atoms with van der Waals surface area (Å²) in [5, 5.41) is 0. The number of amides is 2. The molecule has 0 aliphatic heterocycles. The van der Waals surface area contributed by atoms with Crippen molar-refractivity contribution in [2.45, 2.75) is 13.8 Å². The van der Waals surface area contributed by atoms with Crippen molar-refractivity contribution in [2.24, 2.45) is 5.73 Å². The normalized spacial score (nSPS) is 14.1. The molecule has 0 unspecified atom stereocenters. The van der Waals surface area contributed by atoms with Gasteiger partial charge in [0.05, 0.1) is 5.69 Å². The van der Waals surface area contributed by atoms with Gasteiger partial charge in [-0.25, -0.2) is 4.79 Å². The van der Waals surface area contributed by atoms with Crippen LogP contribution in [0.2, 0.25) is 0 Å². The summed E-state index contributed by atoms with van der Waals surface area (Å²) in [7, 11) is 0. The van der Waals surface area contributed by atoms with Gasteiger partial charge in [0.2, 0.25) is 5.78 Å². The third-order valence-electron chi connectivity index (χ3n) is 3.22. The van der Waals surface area contributed by atoms with Crippen LogP contribution in [0.5, 0.6) is 0 Å². The van der Waals surface area contributed by atoms with E-state index >= 15 is 0 Å². The molecule has 0 saturated heterocycles. The summed E-state index contributed by atoms with van der Waals surface area (Å²) < 4.78 is 0. The molecule has 0 spiro atoms. The molecule has 2 amide bonds. The Bertz CT molecular complexity index is 717. The Morgan fingerprint density at radius 2 is 1.76 bits per heavy atom. The summed E-state index contributed by atoms with van der Waals surface area (Å²) in [4.78, 5) is 36.2. The van der Waals surface area contributed by atoms with Crippen LogP contribution in [0.25, 0.3) is 0 Å². The number of aryl methyl sites for hydroxylation is 2. The number of nitrogens with two attached hydrogens (primary N) is 2. The van der Waals surface area contributed by atoms with E-state index in [2.05, 4.69) is 0 Å². The molecule has 1 aliphatic carbocycles. The van der Waals surface area contributed by atoms with E-state index in [0.29, 0.717) is 16.9 Å². The first-order valence-corrected chi connectivity index (χ1v) is 6.25. The maximum absolute atomic E-state index is 11.9. The van der Waals surface area contributed by atoms with Gasteiger partial charge in [-0.3, -0.25) is 14.5 Å². The lowest BCUT2D eigenvalue weighted by molar-refractivity contribution is -0.114. The fourth-order valence-corrected chi connectivity index (χ4v) is 2.10. The molecule has 4 N–H and O–H groups in total. The van der Waals surface area contributed by atoms with Gasteiger partial charge in [0.1, 0.15) is 5.70 Å². The lowest BCUT2D eigenvalue weighted by atomic mass is 10.0. The number of allylic oxidation sites excluding steroid dienone is 3. The monoisotopic (exact) mass is 285 g/mol. The SMILES string of the molecule is Cc1cc(N(C(N)=O)C2=CC(=O)C=CC2=O)c(C)cc1N. The molecule has 0 heterocycles. The zero-order valence-corrected chi connectivity index (χ0v) is 11.7. The predicted molar refractivity (Wildman–Crippen MR) is 79.6 cm³/mol. The fraction of sp³-hybridized carbons (Fsp3) is 0.133. The first kappa shape index (κ1) is 14.5. The summed E-state index contributed by atoms with van der Waals surface area (Å²) in [6.45, 7) is 3.52. The topological polar surface area (TPSA) is 106 Å². The number of primary amides is 1. The molecule has 6 heteroatoms. The summed E-state index contributed by atoms with van der Waals surface area (Å²) in [5.74, 6) is -0.831. The predicted octanol–water partition coefficient (Wildman–Crippen LogP) is 1.36. The molecule has 2 rings (SSSR count). The number of benzene rings is 1. The van der Waals surface area contributed by atoms with Gasteiger partial charge in [0.25, 0.3) is 0 Å². The van der Waals surface area contributed by atoms with Crippen LogP contribution in [0.1, 0.15) is 11.1 Å². The van der Waals surface area contributed by atoms with Crippen LogP contribution >= 0.6 is 0 Å². The maximum atomic E-state index is 11.9. The van der Waals surface area contributed by atoms with E-state index in [1.54, 1.807) is 26.0 Å². The molecule has 0 atom stereocenters. The van der Waals surface area contributed by atoms with Gasteiger partial charge >= 0.3 is 6.03 Å². The molecular weight excluding hydrogens is 270 g/mol. The molecule has 0 fully saturated rings. The van der Waals surface area contributed by atoms with Gasteiger partial charge in [0, 0.05) is 11.8 Å². The second-order valence-corrected chi connectivity index (χ2v) is 4.80. The zero-order chi connectivity index (χ0) is 15.7. The molecule has 1 aromatic rings. The molecular formula is C15H15N3O3. The van der Waals surface area contributed by atoms with Crippen molar-refractivity contribution in [1.82, 2.24) is 0 Å². The average molecular weight is 285 g/mol. The van der Waals surface area contributed by atoms with E-state index in [0.717, 1.165) is 28.7 Å². The zero-order valence-electron chi connectivity index (χ0n) is 11.7. The second kappa shape index (κ2) is 5.24. The Morgan fingerprint density at radius 1 is 1.10 bits per heavy atom. The Balaban J connectivity index is 2.61. The summed E-state index contributed by atoms with van der Waals surface area (Å²) >= 11 is 0. The van der Waals surface area contributed by atoms with Crippen LogP contribution in [-0.2, 0) is 9.59 Å². The third-order valence-corrected chi connectivity index (χ3v) is 3.22. The number of rotatable bonds is 2. The highest BCUT2D eigenvalue weighted by atomic mass is 16.2. The second-order valence-electron chi connectivity index (χ2n) is 4.80. The van der Waals surface area contributed by atoms with Gasteiger partial charge in [-0.2, -0.15) is 0 Å². The molecule has 1 aliphatic rings. The number of carbonyl (C=O) groups excluding carboxylic acids is 3. The molecule has 0 radical (unpaired) electrons. The maximum Gasteiger partial charge on any atom is 0.324 e. The van der Waals surface area contributed by atoms with Crippen LogP contribution in [0, 0.1) is 13.8 Å². The van der Waals surface area contributed by atoms with Crippen molar-refractivity contribution in [3.8, 4) is 0 Å². The van der Waals surface area contributed by atoms with Crippen LogP contribution in [0.3, 0.4) is 0 Å². The number of hydrogen-bond donors (Lipinski definition) is 2. The van der Waals surface area contributed by atoms with Crippen LogP contribution in [-0.4, -0.2) is 17.6 Å². The molecule has 21 heavy (non-hydrogen) atoms. The first-order chi connectivity index (χ1) is 9.81. The average Bonchev–Trinajstić information content (AvgIpc) is 2.39. The highest BCUT2D eigenvalue weighted by Gasteiger charge is 2.26. The largest absolute Gasteiger partial charge is 0.399 e. The Labute approximate surface area is 121 Å². The lowest BCUT2D eigenvalue weighted by Crippen LogP contribution is -2.39. The van der Waals surface area contributed by atoms with E-state index in [1.165, 1.54) is 0 Å². The van der Waals surface area contributed by atoms with E-state index in [9.17, 15) is 14.4 Å². The lowest BCUT2D eigenvalue weighted by Gasteiger charge is -2.25. The highest BCUT2D eigenvalue weighted by molar-refractivity contribution is 6.22. The van der Waals surface area contributed by atoms with Crippen molar-refractivity contribution in [1.29, 1.82) is 0 Å². The number of nitrogens with zero attached hydrogens (tertiary/aromatic N) is 1. The van der Waals surface area contributed by atoms with Crippen LogP contribution < -0.4 is 16.4 Å². The number of anilines is 2. The van der Waals surface area contributed by atoms with Gasteiger partial charge in [-0.1, -0.05) is 0 Å². The van der Waals surface area contributed by atoms with Crippen molar-refractivity contribution in [2.75, 3.05) is 10.6 Å². The van der Waals surface area contributed by atoms with Gasteiger partial charge in [-0.15, -0.1) is 0 Å². The van der Waals surface area contributed by atoms with Gasteiger partial charge < -0.3 is 11.5 Å². The van der Waals surface area contributed by atoms with E-state index in [-0.39, 0.29) is 11.5 Å². The summed E-state index contributed by atoms with van der Waals surface area (Å²) in [6.07, 6.45) is 3.36. The Kier molecular flexibility index (Phi) is 3.62. The molecule has 6 nitrogen and oxygen atoms in total. The summed E-state index contributed by atoms with van der Waals surface area (Å²) in [6, 6.07) is 2.50. The molecule has 0 aromatic heterocycles. The van der Waals surface area contributed by atoms with E-state index in [4.69, 9.17) is 11.5 Å². The molecule has 0 saturated carbocycles.